The van der Waals surface area contributed by atoms with E-state index in [1.165, 1.54) is 0 Å². The molecule has 1 heterocycles. The predicted octanol–water partition coefficient (Wildman–Crippen LogP) is 4.31. The van der Waals surface area contributed by atoms with Gasteiger partial charge in [-0.05, 0) is 29.7 Å². The van der Waals surface area contributed by atoms with Crippen molar-refractivity contribution in [3.8, 4) is 0 Å². The highest BCUT2D eigenvalue weighted by Gasteiger charge is 2.36. The summed E-state index contributed by atoms with van der Waals surface area (Å²) in [5.41, 5.74) is 0.868. The number of amides is 3. The predicted molar refractivity (Wildman–Crippen MR) is 153 cm³/mol. The molecule has 8 heteroatoms. The van der Waals surface area contributed by atoms with Gasteiger partial charge in [-0.3, -0.25) is 14.4 Å². The van der Waals surface area contributed by atoms with Crippen molar-refractivity contribution in [2.45, 2.75) is 117 Å². The zero-order chi connectivity index (χ0) is 28.9. The van der Waals surface area contributed by atoms with E-state index in [4.69, 9.17) is 4.74 Å². The maximum absolute atomic E-state index is 13.6. The van der Waals surface area contributed by atoms with E-state index < -0.39 is 42.0 Å². The van der Waals surface area contributed by atoms with Crippen molar-refractivity contribution in [1.29, 1.82) is 0 Å². The molecule has 1 unspecified atom stereocenters. The van der Waals surface area contributed by atoms with Crippen LogP contribution in [0.25, 0.3) is 0 Å². The van der Waals surface area contributed by atoms with Crippen molar-refractivity contribution < 1.29 is 23.9 Å². The Labute approximate surface area is 234 Å². The molecule has 0 aromatic heterocycles. The lowest BCUT2D eigenvalue weighted by molar-refractivity contribution is -0.158. The maximum atomic E-state index is 13.6. The third-order valence-corrected chi connectivity index (χ3v) is 7.75. The average Bonchev–Trinajstić information content (AvgIpc) is 2.91. The fraction of sp³-hybridized carbons (Fsp3) is 0.677. The van der Waals surface area contributed by atoms with Crippen LogP contribution < -0.4 is 16.0 Å². The topological polar surface area (TPSA) is 114 Å². The van der Waals surface area contributed by atoms with Gasteiger partial charge in [-0.25, -0.2) is 4.79 Å². The summed E-state index contributed by atoms with van der Waals surface area (Å²) in [6.07, 6.45) is 5.33. The summed E-state index contributed by atoms with van der Waals surface area (Å²) in [5.74, 6) is -2.22. The molecule has 39 heavy (non-hydrogen) atoms. The molecule has 3 N–H and O–H groups in total. The Hall–Kier alpha value is -2.90. The molecule has 1 fully saturated rings. The van der Waals surface area contributed by atoms with Crippen LogP contribution in [0.15, 0.2) is 30.3 Å². The van der Waals surface area contributed by atoms with Gasteiger partial charge in [0.2, 0.25) is 17.7 Å². The van der Waals surface area contributed by atoms with E-state index in [0.29, 0.717) is 6.42 Å². The van der Waals surface area contributed by atoms with Gasteiger partial charge >= 0.3 is 5.97 Å². The van der Waals surface area contributed by atoms with Crippen LogP contribution in [0.3, 0.4) is 0 Å². The number of nitrogens with one attached hydrogen (secondary N) is 3. The molecule has 0 aliphatic carbocycles. The molecule has 8 nitrogen and oxygen atoms in total. The van der Waals surface area contributed by atoms with E-state index >= 15 is 0 Å². The van der Waals surface area contributed by atoms with E-state index in [0.717, 1.165) is 37.7 Å². The number of esters is 1. The van der Waals surface area contributed by atoms with Gasteiger partial charge in [0.15, 0.2) is 0 Å². The third-order valence-electron chi connectivity index (χ3n) is 7.75. The highest BCUT2D eigenvalue weighted by atomic mass is 16.5. The highest BCUT2D eigenvalue weighted by molar-refractivity contribution is 5.94. The van der Waals surface area contributed by atoms with Gasteiger partial charge in [0.1, 0.15) is 24.2 Å². The van der Waals surface area contributed by atoms with Crippen molar-refractivity contribution in [3.63, 3.8) is 0 Å². The van der Waals surface area contributed by atoms with Crippen LogP contribution in [0.1, 0.15) is 92.1 Å². The molecular weight excluding hydrogens is 494 g/mol. The second kappa shape index (κ2) is 16.3. The van der Waals surface area contributed by atoms with Crippen LogP contribution in [0.4, 0.5) is 0 Å². The second-order valence-electron chi connectivity index (χ2n) is 11.4. The van der Waals surface area contributed by atoms with Crippen LogP contribution >= 0.6 is 0 Å². The standard InChI is InChI=1S/C31H49N3O5/c1-7-9-10-12-15-22(6)25-19-26(35)33-27(20(3)4)30(37)32-24(18-23-16-13-11-14-17-23)29(36)34-28(21(5)8-2)31(38)39-25/h11,13-14,16-17,20-22,24-25,27-28H,7-10,12,15,18-19H2,1-6H3,(H,32,37)(H,33,35)(H,34,36)/t21-,22-,24-,25+,27-,28?/m0/s1. The molecule has 0 saturated carbocycles. The molecule has 218 valence electrons. The fourth-order valence-electron chi connectivity index (χ4n) is 4.85. The Balaban J connectivity index is 2.41. The first-order valence-electron chi connectivity index (χ1n) is 14.7. The summed E-state index contributed by atoms with van der Waals surface area (Å²) in [6, 6.07) is 6.75. The number of ether oxygens (including phenoxy) is 1. The lowest BCUT2D eigenvalue weighted by Gasteiger charge is -2.29. The van der Waals surface area contributed by atoms with E-state index in [-0.39, 0.29) is 36.5 Å². The molecule has 0 bridgehead atoms. The van der Waals surface area contributed by atoms with Gasteiger partial charge in [0.25, 0.3) is 0 Å². The van der Waals surface area contributed by atoms with E-state index in [9.17, 15) is 19.2 Å². The summed E-state index contributed by atoms with van der Waals surface area (Å²) >= 11 is 0. The van der Waals surface area contributed by atoms with Crippen molar-refractivity contribution in [2.24, 2.45) is 17.8 Å². The van der Waals surface area contributed by atoms with Crippen LogP contribution in [0.5, 0.6) is 0 Å². The van der Waals surface area contributed by atoms with Crippen molar-refractivity contribution in [3.05, 3.63) is 35.9 Å². The minimum Gasteiger partial charge on any atom is -0.460 e. The third kappa shape index (κ3) is 10.3. The van der Waals surface area contributed by atoms with E-state index in [1.54, 1.807) is 0 Å². The van der Waals surface area contributed by atoms with Gasteiger partial charge in [-0.2, -0.15) is 0 Å². The minimum atomic E-state index is -0.925. The monoisotopic (exact) mass is 543 g/mol. The van der Waals surface area contributed by atoms with Gasteiger partial charge in [0, 0.05) is 6.42 Å². The number of carbonyl (C=O) groups excluding carboxylic acids is 4. The smallest absolute Gasteiger partial charge is 0.329 e. The number of hydrogen-bond acceptors (Lipinski definition) is 5. The molecule has 6 atom stereocenters. The normalized spacial score (nSPS) is 24.8. The van der Waals surface area contributed by atoms with Crippen molar-refractivity contribution in [1.82, 2.24) is 16.0 Å². The first-order chi connectivity index (χ1) is 18.6. The molecule has 1 aromatic rings. The zero-order valence-corrected chi connectivity index (χ0v) is 24.6. The van der Waals surface area contributed by atoms with Crippen LogP contribution in [-0.4, -0.2) is 47.9 Å². The number of unbranched alkanes of at least 4 members (excludes halogenated alkanes) is 3. The average molecular weight is 544 g/mol. The van der Waals surface area contributed by atoms with Crippen LogP contribution in [0.2, 0.25) is 0 Å². The number of cyclic esters (lactones) is 1. The summed E-state index contributed by atoms with van der Waals surface area (Å²) in [6.45, 7) is 11.7. The van der Waals surface area contributed by atoms with Gasteiger partial charge in [0.05, 0.1) is 6.42 Å². The molecular formula is C31H49N3O5. The largest absolute Gasteiger partial charge is 0.460 e. The highest BCUT2D eigenvalue weighted by Crippen LogP contribution is 2.22. The van der Waals surface area contributed by atoms with Crippen molar-refractivity contribution in [2.75, 3.05) is 0 Å². The van der Waals surface area contributed by atoms with Crippen molar-refractivity contribution >= 4 is 23.7 Å². The Kier molecular flexibility index (Phi) is 13.5. The molecule has 0 spiro atoms. The van der Waals surface area contributed by atoms with Gasteiger partial charge < -0.3 is 20.7 Å². The molecule has 2 rings (SSSR count). The molecule has 0 radical (unpaired) electrons. The van der Waals surface area contributed by atoms with E-state index in [2.05, 4.69) is 22.9 Å². The first-order valence-corrected chi connectivity index (χ1v) is 14.7. The molecule has 1 aliphatic rings. The quantitative estimate of drug-likeness (QED) is 0.284. The molecule has 1 saturated heterocycles. The van der Waals surface area contributed by atoms with Gasteiger partial charge in [-0.15, -0.1) is 0 Å². The molecule has 3 amide bonds. The van der Waals surface area contributed by atoms with Crippen LogP contribution in [0, 0.1) is 17.8 Å². The lowest BCUT2D eigenvalue weighted by atomic mass is 9.93. The minimum absolute atomic E-state index is 0.0359. The summed E-state index contributed by atoms with van der Waals surface area (Å²) in [5, 5.41) is 8.59. The molecule has 1 aliphatic heterocycles. The van der Waals surface area contributed by atoms with Crippen LogP contribution in [-0.2, 0) is 30.3 Å². The number of rotatable bonds is 11. The Morgan fingerprint density at radius 2 is 1.51 bits per heavy atom. The second-order valence-corrected chi connectivity index (χ2v) is 11.4. The maximum Gasteiger partial charge on any atom is 0.329 e. The van der Waals surface area contributed by atoms with E-state index in [1.807, 2.05) is 65.0 Å². The lowest BCUT2D eigenvalue weighted by Crippen LogP contribution is -2.58. The first kappa shape index (κ1) is 32.3. The van der Waals surface area contributed by atoms with Gasteiger partial charge in [-0.1, -0.05) is 104 Å². The number of carbonyl (C=O) groups is 4. The Morgan fingerprint density at radius 1 is 0.821 bits per heavy atom. The fourth-order valence-corrected chi connectivity index (χ4v) is 4.85. The SMILES string of the molecule is CCCCCC[C@H](C)[C@H]1CC(=O)N[C@@H](C(C)C)C(=O)N[C@@H](Cc2ccccc2)C(=O)NC([C@@H](C)CC)C(=O)O1. The summed E-state index contributed by atoms with van der Waals surface area (Å²) < 4.78 is 5.99. The number of benzene rings is 1. The Morgan fingerprint density at radius 3 is 2.13 bits per heavy atom. The summed E-state index contributed by atoms with van der Waals surface area (Å²) in [7, 11) is 0. The summed E-state index contributed by atoms with van der Waals surface area (Å²) in [4.78, 5) is 53.7. The molecule has 1 aromatic carbocycles. The Bertz CT molecular complexity index is 935. The number of hydrogen-bond donors (Lipinski definition) is 3. The zero-order valence-electron chi connectivity index (χ0n) is 24.6.